The first kappa shape index (κ1) is 22.5. The average Bonchev–Trinajstić information content (AvgIpc) is 3.14. The predicted molar refractivity (Wildman–Crippen MR) is 118 cm³/mol. The lowest BCUT2D eigenvalue weighted by Gasteiger charge is -2.24. The molecule has 2 atom stereocenters. The van der Waals surface area contributed by atoms with Gasteiger partial charge in [0.25, 0.3) is 0 Å². The van der Waals surface area contributed by atoms with E-state index < -0.39 is 23.8 Å². The van der Waals surface area contributed by atoms with Gasteiger partial charge in [0.1, 0.15) is 23.2 Å². The molecule has 2 N–H and O–H groups in total. The largest absolute Gasteiger partial charge is 0.444 e. The summed E-state index contributed by atoms with van der Waals surface area (Å²) in [5.41, 5.74) is 1.33. The number of alkyl carbamates (subject to hydrolysis) is 1. The minimum atomic E-state index is -0.987. The number of hydrogen-bond acceptors (Lipinski definition) is 6. The molecule has 0 unspecified atom stereocenters. The summed E-state index contributed by atoms with van der Waals surface area (Å²) >= 11 is 13.6. The number of thiophene rings is 1. The predicted octanol–water partition coefficient (Wildman–Crippen LogP) is 5.54. The van der Waals surface area contributed by atoms with E-state index in [1.165, 1.54) is 23.9 Å². The van der Waals surface area contributed by atoms with E-state index >= 15 is 0 Å². The van der Waals surface area contributed by atoms with Crippen LogP contribution in [0.5, 0.6) is 0 Å². The Labute approximate surface area is 188 Å². The van der Waals surface area contributed by atoms with E-state index in [2.05, 4.69) is 15.3 Å². The highest BCUT2D eigenvalue weighted by atomic mass is 35.5. The zero-order valence-corrected chi connectivity index (χ0v) is 18.9. The Morgan fingerprint density at radius 2 is 2.00 bits per heavy atom. The molecular weight excluding hydrogens is 445 g/mol. The molecule has 2 aromatic heterocycles. The van der Waals surface area contributed by atoms with E-state index in [0.29, 0.717) is 15.5 Å². The highest BCUT2D eigenvalue weighted by Crippen LogP contribution is 2.34. The van der Waals surface area contributed by atoms with E-state index in [4.69, 9.17) is 27.9 Å². The minimum Gasteiger partial charge on any atom is -0.444 e. The van der Waals surface area contributed by atoms with Crippen LogP contribution >= 0.6 is 34.5 Å². The maximum Gasteiger partial charge on any atom is 0.408 e. The number of carbonyl (C=O) groups is 1. The van der Waals surface area contributed by atoms with Gasteiger partial charge in [-0.25, -0.2) is 14.8 Å². The van der Waals surface area contributed by atoms with Gasteiger partial charge in [-0.1, -0.05) is 35.3 Å². The molecule has 2 heterocycles. The maximum atomic E-state index is 12.5. The lowest BCUT2D eigenvalue weighted by molar-refractivity contribution is 0.0512. The third kappa shape index (κ3) is 5.70. The molecule has 1 aromatic carbocycles. The zero-order valence-electron chi connectivity index (χ0n) is 16.6. The van der Waals surface area contributed by atoms with Crippen LogP contribution in [-0.4, -0.2) is 26.8 Å². The first-order valence-electron chi connectivity index (χ1n) is 9.11. The third-order valence-electron chi connectivity index (χ3n) is 4.07. The SMILES string of the molecule is CC(C)(C)OC(=O)N[C@@H](c1cccc(Cl)c1)c1csc([C@H](O)c2cncnc2Cl)c1. The summed E-state index contributed by atoms with van der Waals surface area (Å²) < 4.78 is 5.42. The van der Waals surface area contributed by atoms with Crippen molar-refractivity contribution in [1.82, 2.24) is 15.3 Å². The molecule has 1 amide bonds. The fourth-order valence-electron chi connectivity index (χ4n) is 2.80. The number of aliphatic hydroxyl groups excluding tert-OH is 1. The van der Waals surface area contributed by atoms with Crippen LogP contribution < -0.4 is 5.32 Å². The van der Waals surface area contributed by atoms with Gasteiger partial charge < -0.3 is 15.2 Å². The molecule has 30 heavy (non-hydrogen) atoms. The third-order valence-corrected chi connectivity index (χ3v) is 5.62. The molecule has 0 saturated carbocycles. The molecule has 0 aliphatic rings. The molecule has 0 aliphatic carbocycles. The van der Waals surface area contributed by atoms with Gasteiger partial charge in [0.05, 0.1) is 6.04 Å². The molecule has 158 valence electrons. The first-order valence-corrected chi connectivity index (χ1v) is 10.7. The number of rotatable bonds is 5. The molecule has 0 aliphatic heterocycles. The number of nitrogens with one attached hydrogen (secondary N) is 1. The molecule has 6 nitrogen and oxygen atoms in total. The van der Waals surface area contributed by atoms with Crippen LogP contribution in [0.4, 0.5) is 4.79 Å². The zero-order chi connectivity index (χ0) is 21.9. The van der Waals surface area contributed by atoms with Crippen LogP contribution in [0.1, 0.15) is 54.5 Å². The van der Waals surface area contributed by atoms with Crippen molar-refractivity contribution in [3.8, 4) is 0 Å². The Balaban J connectivity index is 1.92. The van der Waals surface area contributed by atoms with Crippen molar-refractivity contribution in [3.05, 3.63) is 80.0 Å². The van der Waals surface area contributed by atoms with Crippen LogP contribution in [0.2, 0.25) is 10.2 Å². The van der Waals surface area contributed by atoms with Crippen molar-refractivity contribution in [2.24, 2.45) is 0 Å². The smallest absolute Gasteiger partial charge is 0.408 e. The molecular formula is C21H21Cl2N3O3S. The second-order valence-corrected chi connectivity index (χ2v) is 9.33. The van der Waals surface area contributed by atoms with E-state index in [9.17, 15) is 9.90 Å². The van der Waals surface area contributed by atoms with Gasteiger partial charge >= 0.3 is 6.09 Å². The lowest BCUT2D eigenvalue weighted by atomic mass is 10.0. The summed E-state index contributed by atoms with van der Waals surface area (Å²) in [6.45, 7) is 5.39. The fourth-order valence-corrected chi connectivity index (χ4v) is 4.13. The Bertz CT molecular complexity index is 1040. The van der Waals surface area contributed by atoms with Crippen LogP contribution in [0, 0.1) is 0 Å². The molecule has 0 bridgehead atoms. The molecule has 3 aromatic rings. The standard InChI is InChI=1S/C21H21Cl2N3O3S/c1-21(2,3)29-20(28)26-17(12-5-4-6-14(22)7-12)13-8-16(30-10-13)18(27)15-9-24-11-25-19(15)23/h4-11,17-18,27H,1-3H3,(H,26,28)/t17-,18+/m0/s1. The van der Waals surface area contributed by atoms with E-state index in [1.807, 2.05) is 23.6 Å². The van der Waals surface area contributed by atoms with Crippen molar-refractivity contribution < 1.29 is 14.6 Å². The van der Waals surface area contributed by atoms with Gasteiger partial charge in [0, 0.05) is 21.7 Å². The Kier molecular flexibility index (Phi) is 6.98. The number of benzene rings is 1. The van der Waals surface area contributed by atoms with Gasteiger partial charge in [0.15, 0.2) is 0 Å². The molecule has 3 rings (SSSR count). The highest BCUT2D eigenvalue weighted by molar-refractivity contribution is 7.10. The van der Waals surface area contributed by atoms with Gasteiger partial charge in [-0.15, -0.1) is 11.3 Å². The second-order valence-electron chi connectivity index (χ2n) is 7.59. The molecule has 0 spiro atoms. The number of amides is 1. The van der Waals surface area contributed by atoms with Gasteiger partial charge in [0.2, 0.25) is 0 Å². The average molecular weight is 466 g/mol. The lowest BCUT2D eigenvalue weighted by Crippen LogP contribution is -2.35. The van der Waals surface area contributed by atoms with Crippen LogP contribution in [-0.2, 0) is 4.74 Å². The summed E-state index contributed by atoms with van der Waals surface area (Å²) in [4.78, 5) is 20.9. The number of halogens is 2. The normalized spacial score (nSPS) is 13.5. The molecule has 0 fully saturated rings. The number of hydrogen-bond donors (Lipinski definition) is 2. The molecule has 0 radical (unpaired) electrons. The van der Waals surface area contributed by atoms with Crippen molar-refractivity contribution in [2.75, 3.05) is 0 Å². The van der Waals surface area contributed by atoms with E-state index in [0.717, 1.165) is 11.1 Å². The van der Waals surface area contributed by atoms with Crippen LogP contribution in [0.15, 0.2) is 48.2 Å². The maximum absolute atomic E-state index is 12.5. The van der Waals surface area contributed by atoms with Crippen molar-refractivity contribution >= 4 is 40.6 Å². The van der Waals surface area contributed by atoms with Crippen molar-refractivity contribution in [2.45, 2.75) is 38.5 Å². The first-order chi connectivity index (χ1) is 14.1. The van der Waals surface area contributed by atoms with Gasteiger partial charge in [-0.2, -0.15) is 0 Å². The summed E-state index contributed by atoms with van der Waals surface area (Å²) in [6.07, 6.45) is 1.25. The summed E-state index contributed by atoms with van der Waals surface area (Å²) in [5.74, 6) is 0. The highest BCUT2D eigenvalue weighted by Gasteiger charge is 2.25. The number of aliphatic hydroxyl groups is 1. The molecule has 0 saturated heterocycles. The van der Waals surface area contributed by atoms with Crippen LogP contribution in [0.25, 0.3) is 0 Å². The number of nitrogens with zero attached hydrogens (tertiary/aromatic N) is 2. The quantitative estimate of drug-likeness (QED) is 0.483. The van der Waals surface area contributed by atoms with Crippen molar-refractivity contribution in [1.29, 1.82) is 0 Å². The summed E-state index contributed by atoms with van der Waals surface area (Å²) in [7, 11) is 0. The second kappa shape index (κ2) is 9.31. The number of ether oxygens (including phenoxy) is 1. The topological polar surface area (TPSA) is 84.3 Å². The Morgan fingerprint density at radius 3 is 2.67 bits per heavy atom. The van der Waals surface area contributed by atoms with Gasteiger partial charge in [-0.3, -0.25) is 0 Å². The summed E-state index contributed by atoms with van der Waals surface area (Å²) in [5, 5.41) is 16.2. The number of aromatic nitrogens is 2. The monoisotopic (exact) mass is 465 g/mol. The van der Waals surface area contributed by atoms with E-state index in [1.54, 1.807) is 32.9 Å². The number of carbonyl (C=O) groups excluding carboxylic acids is 1. The van der Waals surface area contributed by atoms with Crippen LogP contribution in [0.3, 0.4) is 0 Å². The van der Waals surface area contributed by atoms with Gasteiger partial charge in [-0.05, 0) is 55.5 Å². The fraction of sp³-hybridized carbons (Fsp3) is 0.286. The summed E-state index contributed by atoms with van der Waals surface area (Å²) in [6, 6.07) is 8.50. The molecule has 9 heteroatoms. The van der Waals surface area contributed by atoms with Crippen molar-refractivity contribution in [3.63, 3.8) is 0 Å². The van der Waals surface area contributed by atoms with E-state index in [-0.39, 0.29) is 5.15 Å². The Hall–Kier alpha value is -2.19. The Morgan fingerprint density at radius 1 is 1.23 bits per heavy atom. The minimum absolute atomic E-state index is 0.186.